The first-order valence-corrected chi connectivity index (χ1v) is 7.11. The van der Waals surface area contributed by atoms with E-state index in [1.165, 1.54) is 36.9 Å². The van der Waals surface area contributed by atoms with Gasteiger partial charge >= 0.3 is 0 Å². The van der Waals surface area contributed by atoms with Crippen molar-refractivity contribution in [2.24, 2.45) is 0 Å². The van der Waals surface area contributed by atoms with Crippen molar-refractivity contribution < 1.29 is 0 Å². The van der Waals surface area contributed by atoms with Gasteiger partial charge in [0.1, 0.15) is 0 Å². The highest BCUT2D eigenvalue weighted by Crippen LogP contribution is 2.45. The summed E-state index contributed by atoms with van der Waals surface area (Å²) in [7, 11) is 0. The van der Waals surface area contributed by atoms with Gasteiger partial charge in [-0.25, -0.2) is 0 Å². The Balaban J connectivity index is 1.92. The average Bonchev–Trinajstić information content (AvgIpc) is 2.79. The summed E-state index contributed by atoms with van der Waals surface area (Å²) in [6.07, 6.45) is 14.3. The van der Waals surface area contributed by atoms with Gasteiger partial charge in [-0.15, -0.1) is 0 Å². The molecule has 1 unspecified atom stereocenters. The molecule has 3 aliphatic rings. The number of hydrogen-bond acceptors (Lipinski definition) is 1. The molecule has 1 aliphatic heterocycles. The van der Waals surface area contributed by atoms with E-state index in [1.54, 1.807) is 16.7 Å². The molecule has 0 amide bonds. The van der Waals surface area contributed by atoms with Crippen LogP contribution in [0, 0.1) is 6.92 Å². The molecule has 2 aliphatic carbocycles. The van der Waals surface area contributed by atoms with Gasteiger partial charge in [-0.2, -0.15) is 0 Å². The van der Waals surface area contributed by atoms with Crippen molar-refractivity contribution in [1.82, 2.24) is 0 Å². The highest BCUT2D eigenvalue weighted by molar-refractivity contribution is 5.71. The van der Waals surface area contributed by atoms with E-state index >= 15 is 0 Å². The van der Waals surface area contributed by atoms with E-state index in [9.17, 15) is 0 Å². The van der Waals surface area contributed by atoms with Crippen LogP contribution in [0.4, 0.5) is 5.69 Å². The maximum atomic E-state index is 3.77. The molecule has 92 valence electrons. The van der Waals surface area contributed by atoms with Gasteiger partial charge in [0, 0.05) is 11.6 Å². The zero-order valence-electron chi connectivity index (χ0n) is 10.9. The zero-order chi connectivity index (χ0) is 12.1. The summed E-state index contributed by atoms with van der Waals surface area (Å²) in [5, 5.41) is 3.77. The van der Waals surface area contributed by atoms with Crippen molar-refractivity contribution >= 4 is 5.69 Å². The molecule has 1 heterocycles. The molecule has 2 atom stereocenters. The molecular formula is C17H19N. The molecule has 1 aromatic carbocycles. The van der Waals surface area contributed by atoms with Crippen molar-refractivity contribution in [3.8, 4) is 0 Å². The van der Waals surface area contributed by atoms with Crippen LogP contribution in [0.2, 0.25) is 0 Å². The topological polar surface area (TPSA) is 12.0 Å². The van der Waals surface area contributed by atoms with Crippen LogP contribution in [0.5, 0.6) is 0 Å². The summed E-state index contributed by atoms with van der Waals surface area (Å²) in [5.41, 5.74) is 7.71. The van der Waals surface area contributed by atoms with Crippen molar-refractivity contribution in [3.05, 3.63) is 52.6 Å². The van der Waals surface area contributed by atoms with Gasteiger partial charge in [0.05, 0.1) is 6.04 Å². The van der Waals surface area contributed by atoms with Crippen molar-refractivity contribution in [2.45, 2.75) is 44.6 Å². The third kappa shape index (κ3) is 1.33. The minimum Gasteiger partial charge on any atom is -0.377 e. The van der Waals surface area contributed by atoms with Crippen LogP contribution in [0.15, 0.2) is 30.4 Å². The van der Waals surface area contributed by atoms with Gasteiger partial charge < -0.3 is 5.32 Å². The Morgan fingerprint density at radius 3 is 2.89 bits per heavy atom. The Morgan fingerprint density at radius 2 is 1.94 bits per heavy atom. The summed E-state index contributed by atoms with van der Waals surface area (Å²) in [5.74, 6) is 0.553. The summed E-state index contributed by atoms with van der Waals surface area (Å²) in [6, 6.07) is 2.93. The second-order valence-corrected chi connectivity index (χ2v) is 5.79. The van der Waals surface area contributed by atoms with E-state index in [1.807, 2.05) is 0 Å². The fraction of sp³-hybridized carbons (Fsp3) is 0.412. The Morgan fingerprint density at radius 1 is 1.11 bits per heavy atom. The largest absolute Gasteiger partial charge is 0.377 e. The second kappa shape index (κ2) is 3.74. The summed E-state index contributed by atoms with van der Waals surface area (Å²) in [4.78, 5) is 0. The molecule has 0 saturated carbocycles. The van der Waals surface area contributed by atoms with E-state index in [4.69, 9.17) is 0 Å². The number of benzene rings is 1. The standard InChI is InChI=1S/C17H19N/c1-11-10-12-6-2-3-7-13(12)17-16(11)14-8-4-5-9-15(14)18-17/h4-5,8-10,14-15,18H,2-3,6-7H2,1H3/t14?,15-/m1/s1. The predicted octanol–water partition coefficient (Wildman–Crippen LogP) is 3.88. The van der Waals surface area contributed by atoms with Crippen molar-refractivity contribution in [2.75, 3.05) is 5.32 Å². The summed E-state index contributed by atoms with van der Waals surface area (Å²) < 4.78 is 0. The van der Waals surface area contributed by atoms with Crippen LogP contribution in [0.25, 0.3) is 0 Å². The van der Waals surface area contributed by atoms with Crippen molar-refractivity contribution in [3.63, 3.8) is 0 Å². The van der Waals surface area contributed by atoms with Gasteiger partial charge in [-0.1, -0.05) is 30.4 Å². The molecule has 0 spiro atoms. The molecule has 18 heavy (non-hydrogen) atoms. The van der Waals surface area contributed by atoms with E-state index in [0.29, 0.717) is 12.0 Å². The Labute approximate surface area is 109 Å². The average molecular weight is 237 g/mol. The number of hydrogen-bond donors (Lipinski definition) is 1. The lowest BCUT2D eigenvalue weighted by atomic mass is 9.83. The molecule has 0 radical (unpaired) electrons. The van der Waals surface area contributed by atoms with Crippen LogP contribution in [0.1, 0.15) is 41.0 Å². The first-order chi connectivity index (χ1) is 8.84. The first kappa shape index (κ1) is 10.4. The van der Waals surface area contributed by atoms with Gasteiger partial charge in [0.15, 0.2) is 0 Å². The third-order valence-corrected chi connectivity index (χ3v) is 4.68. The molecule has 1 nitrogen and oxygen atoms in total. The number of allylic oxidation sites excluding steroid dienone is 2. The Hall–Kier alpha value is -1.50. The first-order valence-electron chi connectivity index (χ1n) is 7.11. The van der Waals surface area contributed by atoms with Gasteiger partial charge in [0.2, 0.25) is 0 Å². The minimum atomic E-state index is 0.483. The number of nitrogens with one attached hydrogen (secondary N) is 1. The van der Waals surface area contributed by atoms with Gasteiger partial charge in [-0.3, -0.25) is 0 Å². The lowest BCUT2D eigenvalue weighted by Gasteiger charge is -2.21. The fourth-order valence-electron chi connectivity index (χ4n) is 3.85. The molecule has 0 bridgehead atoms. The zero-order valence-corrected chi connectivity index (χ0v) is 10.9. The van der Waals surface area contributed by atoms with Gasteiger partial charge in [0.25, 0.3) is 0 Å². The normalized spacial score (nSPS) is 27.4. The van der Waals surface area contributed by atoms with E-state index in [2.05, 4.69) is 42.6 Å². The Bertz CT molecular complexity index is 565. The summed E-state index contributed by atoms with van der Waals surface area (Å²) in [6.45, 7) is 2.28. The minimum absolute atomic E-state index is 0.483. The highest BCUT2D eigenvalue weighted by Gasteiger charge is 2.33. The van der Waals surface area contributed by atoms with Crippen LogP contribution in [0.3, 0.4) is 0 Å². The van der Waals surface area contributed by atoms with E-state index in [0.717, 1.165) is 0 Å². The second-order valence-electron chi connectivity index (χ2n) is 5.79. The van der Waals surface area contributed by atoms with E-state index < -0.39 is 0 Å². The van der Waals surface area contributed by atoms with Crippen LogP contribution in [-0.4, -0.2) is 6.04 Å². The van der Waals surface area contributed by atoms with Crippen LogP contribution < -0.4 is 5.32 Å². The molecule has 1 N–H and O–H groups in total. The molecule has 1 aromatic rings. The number of rotatable bonds is 0. The highest BCUT2D eigenvalue weighted by atomic mass is 15.0. The predicted molar refractivity (Wildman–Crippen MR) is 76.3 cm³/mol. The number of fused-ring (bicyclic) bond motifs is 5. The summed E-state index contributed by atoms with van der Waals surface area (Å²) >= 11 is 0. The fourth-order valence-corrected chi connectivity index (χ4v) is 3.85. The lowest BCUT2D eigenvalue weighted by molar-refractivity contribution is 0.686. The molecule has 4 rings (SSSR count). The SMILES string of the molecule is Cc1cc2c(c3c1C1C=CC=C[C@H]1N3)CCCC2. The quantitative estimate of drug-likeness (QED) is 0.722. The molecule has 0 saturated heterocycles. The number of anilines is 1. The van der Waals surface area contributed by atoms with E-state index in [-0.39, 0.29) is 0 Å². The van der Waals surface area contributed by atoms with Crippen LogP contribution >= 0.6 is 0 Å². The lowest BCUT2D eigenvalue weighted by Crippen LogP contribution is -2.18. The molecule has 0 aromatic heterocycles. The molecule has 1 heteroatoms. The molecular weight excluding hydrogens is 218 g/mol. The monoisotopic (exact) mass is 237 g/mol. The Kier molecular flexibility index (Phi) is 2.17. The van der Waals surface area contributed by atoms with Crippen LogP contribution in [-0.2, 0) is 12.8 Å². The number of aryl methyl sites for hydroxylation is 2. The van der Waals surface area contributed by atoms with Crippen molar-refractivity contribution in [1.29, 1.82) is 0 Å². The maximum absolute atomic E-state index is 3.77. The molecule has 0 fully saturated rings. The van der Waals surface area contributed by atoms with Gasteiger partial charge in [-0.05, 0) is 54.9 Å². The maximum Gasteiger partial charge on any atom is 0.0552 e. The third-order valence-electron chi connectivity index (χ3n) is 4.68. The smallest absolute Gasteiger partial charge is 0.0552 e.